The molecule has 3 heterocycles. The maximum absolute atomic E-state index is 12.1. The molecule has 3 aromatic rings. The van der Waals surface area contributed by atoms with Gasteiger partial charge in [-0.25, -0.2) is 19.5 Å². The second kappa shape index (κ2) is 8.84. The van der Waals surface area contributed by atoms with Crippen molar-refractivity contribution in [3.8, 4) is 0 Å². The van der Waals surface area contributed by atoms with E-state index in [1.165, 1.54) is 16.9 Å². The molecule has 0 spiro atoms. The number of halogens is 3. The number of carbonyl (C=O) groups excluding carboxylic acids is 2. The molecule has 2 N–H and O–H groups in total. The van der Waals surface area contributed by atoms with E-state index in [4.69, 9.17) is 0 Å². The highest BCUT2D eigenvalue weighted by Gasteiger charge is 2.27. The number of rotatable bonds is 7. The summed E-state index contributed by atoms with van der Waals surface area (Å²) in [5, 5.41) is 9.23. The largest absolute Gasteiger partial charge is 0.389 e. The van der Waals surface area contributed by atoms with E-state index < -0.39 is 30.8 Å². The number of amides is 2. The van der Waals surface area contributed by atoms with Gasteiger partial charge in [-0.2, -0.15) is 18.3 Å². The summed E-state index contributed by atoms with van der Waals surface area (Å²) in [7, 11) is 0. The van der Waals surface area contributed by atoms with Gasteiger partial charge in [0.05, 0.1) is 31.1 Å². The van der Waals surface area contributed by atoms with Gasteiger partial charge < -0.3 is 10.6 Å². The molecule has 9 nitrogen and oxygen atoms in total. The first-order valence-electron chi connectivity index (χ1n) is 8.94. The average molecular weight is 421 g/mol. The van der Waals surface area contributed by atoms with Gasteiger partial charge in [0.15, 0.2) is 5.65 Å². The molecule has 0 bridgehead atoms. The lowest BCUT2D eigenvalue weighted by Gasteiger charge is -2.07. The fraction of sp³-hybridized carbons (Fsp3) is 0.333. The zero-order chi connectivity index (χ0) is 21.7. The van der Waals surface area contributed by atoms with Crippen molar-refractivity contribution < 1.29 is 22.8 Å². The smallest absolute Gasteiger partial charge is 0.352 e. The fourth-order valence-electron chi connectivity index (χ4n) is 2.50. The minimum atomic E-state index is -4.37. The lowest BCUT2D eigenvalue weighted by Crippen LogP contribution is -2.25. The second-order valence-electron chi connectivity index (χ2n) is 6.50. The zero-order valence-corrected chi connectivity index (χ0v) is 15.9. The number of imidazole rings is 1. The summed E-state index contributed by atoms with van der Waals surface area (Å²) >= 11 is 0. The zero-order valence-electron chi connectivity index (χ0n) is 15.9. The van der Waals surface area contributed by atoms with Crippen LogP contribution in [0.1, 0.15) is 40.4 Å². The first kappa shape index (κ1) is 21.1. The molecule has 158 valence electrons. The topological polar surface area (TPSA) is 114 Å². The van der Waals surface area contributed by atoms with Crippen LogP contribution in [0.5, 0.6) is 0 Å². The molecule has 0 aliphatic heterocycles. The van der Waals surface area contributed by atoms with Crippen LogP contribution in [0.4, 0.5) is 13.2 Å². The maximum atomic E-state index is 12.1. The minimum absolute atomic E-state index is 0.0316. The molecule has 3 aromatic heterocycles. The molecule has 0 saturated carbocycles. The number of nitrogens with zero attached hydrogens (tertiary/aromatic N) is 5. The molecule has 0 aliphatic carbocycles. The Bertz CT molecular complexity index is 1070. The van der Waals surface area contributed by atoms with Crippen LogP contribution >= 0.6 is 0 Å². The normalized spacial score (nSPS) is 11.5. The standard InChI is InChI=1S/C18H18F3N7O2/c1-11-3-5-22-16(26-11)17(30)24-9-13-10-28-14(27-13)6-12(8-25-28)7-23-15(29)2-4-18(19,20)21/h3,5-6,8,10H,2,4,7,9H2,1H3,(H,23,29)(H,24,30). The van der Waals surface area contributed by atoms with Gasteiger partial charge in [-0.1, -0.05) is 0 Å². The molecule has 30 heavy (non-hydrogen) atoms. The molecular formula is C18H18F3N7O2. The van der Waals surface area contributed by atoms with Crippen LogP contribution in [0.2, 0.25) is 0 Å². The molecule has 0 atom stereocenters. The fourth-order valence-corrected chi connectivity index (χ4v) is 2.50. The molecule has 0 saturated heterocycles. The molecule has 12 heteroatoms. The molecule has 2 amide bonds. The third kappa shape index (κ3) is 5.96. The van der Waals surface area contributed by atoms with Crippen LogP contribution in [-0.4, -0.2) is 42.6 Å². The van der Waals surface area contributed by atoms with E-state index in [0.717, 1.165) is 0 Å². The van der Waals surface area contributed by atoms with Gasteiger partial charge in [-0.3, -0.25) is 9.59 Å². The van der Waals surface area contributed by atoms with Crippen LogP contribution in [-0.2, 0) is 17.9 Å². The first-order chi connectivity index (χ1) is 14.2. The average Bonchev–Trinajstić information content (AvgIpc) is 3.10. The summed E-state index contributed by atoms with van der Waals surface area (Å²) < 4.78 is 37.9. The number of hydrogen-bond donors (Lipinski definition) is 2. The summed E-state index contributed by atoms with van der Waals surface area (Å²) in [6.07, 6.45) is -1.57. The van der Waals surface area contributed by atoms with E-state index in [-0.39, 0.29) is 18.9 Å². The highest BCUT2D eigenvalue weighted by molar-refractivity contribution is 5.90. The maximum Gasteiger partial charge on any atom is 0.389 e. The lowest BCUT2D eigenvalue weighted by atomic mass is 10.2. The van der Waals surface area contributed by atoms with Crippen molar-refractivity contribution in [3.05, 3.63) is 53.5 Å². The van der Waals surface area contributed by atoms with Crippen molar-refractivity contribution >= 4 is 17.5 Å². The summed E-state index contributed by atoms with van der Waals surface area (Å²) in [5.74, 6) is -1.08. The molecule has 3 rings (SSSR count). The Morgan fingerprint density at radius 1 is 1.17 bits per heavy atom. The van der Waals surface area contributed by atoms with E-state index in [9.17, 15) is 22.8 Å². The van der Waals surface area contributed by atoms with Gasteiger partial charge in [0, 0.05) is 24.9 Å². The molecule has 0 aromatic carbocycles. The summed E-state index contributed by atoms with van der Waals surface area (Å²) in [6, 6.07) is 3.33. The predicted molar refractivity (Wildman–Crippen MR) is 98.1 cm³/mol. The SMILES string of the molecule is Cc1ccnc(C(=O)NCc2cn3ncc(CNC(=O)CCC(F)(F)F)cc3n2)n1. The Hall–Kier alpha value is -3.57. The molecule has 0 unspecified atom stereocenters. The third-order valence-electron chi connectivity index (χ3n) is 3.98. The minimum Gasteiger partial charge on any atom is -0.352 e. The van der Waals surface area contributed by atoms with Crippen molar-refractivity contribution in [2.75, 3.05) is 0 Å². The first-order valence-corrected chi connectivity index (χ1v) is 8.94. The number of aryl methyl sites for hydroxylation is 1. The van der Waals surface area contributed by atoms with E-state index in [2.05, 4.69) is 30.7 Å². The van der Waals surface area contributed by atoms with Gasteiger partial charge >= 0.3 is 6.18 Å². The molecule has 0 fully saturated rings. The van der Waals surface area contributed by atoms with Crippen molar-refractivity contribution in [2.24, 2.45) is 0 Å². The van der Waals surface area contributed by atoms with Crippen LogP contribution < -0.4 is 10.6 Å². The Morgan fingerprint density at radius 2 is 1.97 bits per heavy atom. The number of hydrogen-bond acceptors (Lipinski definition) is 6. The second-order valence-corrected chi connectivity index (χ2v) is 6.50. The summed E-state index contributed by atoms with van der Waals surface area (Å²) in [6.45, 7) is 1.91. The third-order valence-corrected chi connectivity index (χ3v) is 3.98. The predicted octanol–water partition coefficient (Wildman–Crippen LogP) is 1.72. The van der Waals surface area contributed by atoms with E-state index in [0.29, 0.717) is 22.6 Å². The van der Waals surface area contributed by atoms with Gasteiger partial charge in [-0.05, 0) is 24.6 Å². The molecule has 0 radical (unpaired) electrons. The van der Waals surface area contributed by atoms with Gasteiger partial charge in [0.25, 0.3) is 5.91 Å². The van der Waals surface area contributed by atoms with Crippen molar-refractivity contribution in [1.29, 1.82) is 0 Å². The van der Waals surface area contributed by atoms with Crippen molar-refractivity contribution in [1.82, 2.24) is 35.2 Å². The van der Waals surface area contributed by atoms with Crippen LogP contribution in [0.15, 0.2) is 30.7 Å². The number of fused-ring (bicyclic) bond motifs is 1. The van der Waals surface area contributed by atoms with Crippen LogP contribution in [0.25, 0.3) is 5.65 Å². The van der Waals surface area contributed by atoms with Gasteiger partial charge in [0.1, 0.15) is 0 Å². The number of aromatic nitrogens is 5. The lowest BCUT2D eigenvalue weighted by molar-refractivity contribution is -0.144. The quantitative estimate of drug-likeness (QED) is 0.601. The van der Waals surface area contributed by atoms with Crippen LogP contribution in [0, 0.1) is 6.92 Å². The van der Waals surface area contributed by atoms with Crippen LogP contribution in [0.3, 0.4) is 0 Å². The van der Waals surface area contributed by atoms with Crippen molar-refractivity contribution in [3.63, 3.8) is 0 Å². The summed E-state index contributed by atoms with van der Waals surface area (Å²) in [5.41, 5.74) is 2.25. The Labute approximate surface area is 168 Å². The summed E-state index contributed by atoms with van der Waals surface area (Å²) in [4.78, 5) is 35.9. The number of alkyl halides is 3. The highest BCUT2D eigenvalue weighted by Crippen LogP contribution is 2.21. The monoisotopic (exact) mass is 421 g/mol. The number of carbonyl (C=O) groups is 2. The molecule has 0 aliphatic rings. The van der Waals surface area contributed by atoms with E-state index in [1.807, 2.05) is 0 Å². The van der Waals surface area contributed by atoms with Crippen molar-refractivity contribution in [2.45, 2.75) is 39.0 Å². The molecular weight excluding hydrogens is 403 g/mol. The van der Waals surface area contributed by atoms with Gasteiger partial charge in [-0.15, -0.1) is 0 Å². The Kier molecular flexibility index (Phi) is 6.23. The van der Waals surface area contributed by atoms with Gasteiger partial charge in [0.2, 0.25) is 11.7 Å². The Morgan fingerprint density at radius 3 is 2.70 bits per heavy atom. The number of nitrogens with one attached hydrogen (secondary N) is 2. The van der Waals surface area contributed by atoms with E-state index >= 15 is 0 Å². The van der Waals surface area contributed by atoms with E-state index in [1.54, 1.807) is 25.3 Å². The Balaban J connectivity index is 1.56. The highest BCUT2D eigenvalue weighted by atomic mass is 19.4.